The molecular weight excluding hydrogens is 366 g/mol. The molecule has 0 N–H and O–H groups in total. The lowest BCUT2D eigenvalue weighted by Gasteiger charge is -2.37. The van der Waals surface area contributed by atoms with Crippen LogP contribution in [0.15, 0.2) is 60.7 Å². The smallest absolute Gasteiger partial charge is 0.238 e. The van der Waals surface area contributed by atoms with E-state index in [4.69, 9.17) is 9.47 Å². The van der Waals surface area contributed by atoms with Gasteiger partial charge in [0.25, 0.3) is 0 Å². The number of hydrogen-bond acceptors (Lipinski definition) is 4. The molecule has 1 heterocycles. The minimum atomic E-state index is -0.175. The third-order valence-electron chi connectivity index (χ3n) is 7.05. The van der Waals surface area contributed by atoms with Crippen molar-refractivity contribution in [1.29, 1.82) is 0 Å². The zero-order chi connectivity index (χ0) is 19.7. The summed E-state index contributed by atoms with van der Waals surface area (Å²) in [6.45, 7) is 0. The fraction of sp³-hybridized carbons (Fsp3) is 0.333. The lowest BCUT2D eigenvalue weighted by molar-refractivity contribution is -0.124. The van der Waals surface area contributed by atoms with Crippen molar-refractivity contribution in [3.05, 3.63) is 60.7 Å². The molecule has 1 aliphatic heterocycles. The van der Waals surface area contributed by atoms with Crippen LogP contribution in [0.3, 0.4) is 0 Å². The summed E-state index contributed by atoms with van der Waals surface area (Å²) in [4.78, 5) is 27.8. The van der Waals surface area contributed by atoms with E-state index in [0.717, 1.165) is 0 Å². The molecular formula is C24H21NO4. The molecule has 5 heteroatoms. The highest BCUT2D eigenvalue weighted by atomic mass is 16.5. The van der Waals surface area contributed by atoms with Crippen LogP contribution < -0.4 is 14.4 Å². The summed E-state index contributed by atoms with van der Waals surface area (Å²) in [7, 11) is 1.60. The maximum atomic E-state index is 13.2. The molecule has 0 unspecified atom stereocenters. The third kappa shape index (κ3) is 2.33. The monoisotopic (exact) mass is 387 g/mol. The van der Waals surface area contributed by atoms with E-state index in [2.05, 4.69) is 12.2 Å². The molecule has 5 nitrogen and oxygen atoms in total. The molecule has 146 valence electrons. The first kappa shape index (κ1) is 16.8. The normalized spacial score (nSPS) is 33.5. The van der Waals surface area contributed by atoms with Gasteiger partial charge in [-0.15, -0.1) is 0 Å². The van der Waals surface area contributed by atoms with Crippen LogP contribution in [0.1, 0.15) is 6.42 Å². The molecule has 2 saturated carbocycles. The average Bonchev–Trinajstić information content (AvgIpc) is 3.53. The number of imide groups is 1. The van der Waals surface area contributed by atoms with E-state index in [1.54, 1.807) is 31.4 Å². The summed E-state index contributed by atoms with van der Waals surface area (Å²) in [5.41, 5.74) is 0.620. The highest BCUT2D eigenvalue weighted by Gasteiger charge is 2.67. The van der Waals surface area contributed by atoms with Crippen LogP contribution in [-0.2, 0) is 9.59 Å². The molecule has 0 radical (unpaired) electrons. The molecule has 1 saturated heterocycles. The zero-order valence-electron chi connectivity index (χ0n) is 16.0. The second kappa shape index (κ2) is 5.96. The maximum absolute atomic E-state index is 13.2. The summed E-state index contributed by atoms with van der Waals surface area (Å²) in [6.07, 6.45) is 5.56. The molecule has 2 bridgehead atoms. The van der Waals surface area contributed by atoms with Crippen molar-refractivity contribution >= 4 is 17.5 Å². The SMILES string of the molecule is COc1ccccc1Oc1ccc(N2C(=O)[C@@H]3[C@H]4C=C[C@@H]([C@@H]5C[C@H]45)[C@@H]3C2=O)cc1. The van der Waals surface area contributed by atoms with Gasteiger partial charge in [-0.25, -0.2) is 0 Å². The number of carbonyl (C=O) groups is 2. The summed E-state index contributed by atoms with van der Waals surface area (Å²) < 4.78 is 11.2. The van der Waals surface area contributed by atoms with E-state index in [-0.39, 0.29) is 35.5 Å². The van der Waals surface area contributed by atoms with E-state index < -0.39 is 0 Å². The Morgan fingerprint density at radius 3 is 2.00 bits per heavy atom. The molecule has 6 atom stereocenters. The van der Waals surface area contributed by atoms with Gasteiger partial charge < -0.3 is 9.47 Å². The number of para-hydroxylation sites is 2. The highest BCUT2D eigenvalue weighted by molar-refractivity contribution is 6.22. The quantitative estimate of drug-likeness (QED) is 0.587. The van der Waals surface area contributed by atoms with Crippen molar-refractivity contribution in [3.63, 3.8) is 0 Å². The van der Waals surface area contributed by atoms with Gasteiger partial charge in [0.15, 0.2) is 11.5 Å². The second-order valence-corrected chi connectivity index (χ2v) is 8.41. The molecule has 2 amide bonds. The van der Waals surface area contributed by atoms with Crippen molar-refractivity contribution in [3.8, 4) is 17.2 Å². The summed E-state index contributed by atoms with van der Waals surface area (Å²) in [6, 6.07) is 14.6. The molecule has 3 fully saturated rings. The van der Waals surface area contributed by atoms with Crippen molar-refractivity contribution in [2.24, 2.45) is 35.5 Å². The molecule has 5 aliphatic rings. The summed E-state index contributed by atoms with van der Waals surface area (Å²) in [5.74, 6) is 3.16. The van der Waals surface area contributed by atoms with Crippen LogP contribution in [0.25, 0.3) is 0 Å². The van der Waals surface area contributed by atoms with Gasteiger partial charge in [0, 0.05) is 0 Å². The van der Waals surface area contributed by atoms with Crippen LogP contribution in [0.4, 0.5) is 5.69 Å². The Hall–Kier alpha value is -3.08. The highest BCUT2D eigenvalue weighted by Crippen LogP contribution is 2.65. The van der Waals surface area contributed by atoms with Crippen molar-refractivity contribution in [1.82, 2.24) is 0 Å². The fourth-order valence-corrected chi connectivity index (χ4v) is 5.70. The van der Waals surface area contributed by atoms with E-state index in [9.17, 15) is 9.59 Å². The number of rotatable bonds is 4. The summed E-state index contributed by atoms with van der Waals surface area (Å²) in [5, 5.41) is 0. The largest absolute Gasteiger partial charge is 0.493 e. The first-order valence-corrected chi connectivity index (χ1v) is 10.1. The Balaban J connectivity index is 1.26. The Morgan fingerprint density at radius 2 is 1.41 bits per heavy atom. The first-order valence-electron chi connectivity index (χ1n) is 10.1. The van der Waals surface area contributed by atoms with E-state index in [1.807, 2.05) is 24.3 Å². The minimum absolute atomic E-state index is 0.0388. The maximum Gasteiger partial charge on any atom is 0.238 e. The number of nitrogens with zero attached hydrogens (tertiary/aromatic N) is 1. The molecule has 7 rings (SSSR count). The Kier molecular flexibility index (Phi) is 3.46. The summed E-state index contributed by atoms with van der Waals surface area (Å²) >= 11 is 0. The number of amides is 2. The van der Waals surface area contributed by atoms with E-state index in [1.165, 1.54) is 11.3 Å². The van der Waals surface area contributed by atoms with Crippen LogP contribution in [0, 0.1) is 35.5 Å². The third-order valence-corrected chi connectivity index (χ3v) is 7.05. The van der Waals surface area contributed by atoms with E-state index in [0.29, 0.717) is 34.8 Å². The molecule has 29 heavy (non-hydrogen) atoms. The zero-order valence-corrected chi connectivity index (χ0v) is 16.0. The molecule has 2 aromatic carbocycles. The Bertz CT molecular complexity index is 1010. The first-order chi connectivity index (χ1) is 14.2. The van der Waals surface area contributed by atoms with Gasteiger partial charge in [0.2, 0.25) is 11.8 Å². The second-order valence-electron chi connectivity index (χ2n) is 8.41. The molecule has 0 aromatic heterocycles. The Labute approximate surface area is 168 Å². The van der Waals surface area contributed by atoms with Gasteiger partial charge in [-0.2, -0.15) is 0 Å². The van der Waals surface area contributed by atoms with Gasteiger partial charge >= 0.3 is 0 Å². The van der Waals surface area contributed by atoms with Crippen molar-refractivity contribution in [2.45, 2.75) is 6.42 Å². The molecule has 2 aromatic rings. The number of carbonyl (C=O) groups excluding carboxylic acids is 2. The lowest BCUT2D eigenvalue weighted by atomic mass is 9.63. The predicted molar refractivity (Wildman–Crippen MR) is 107 cm³/mol. The number of methoxy groups -OCH3 is 1. The Morgan fingerprint density at radius 1 is 0.828 bits per heavy atom. The number of anilines is 1. The predicted octanol–water partition coefficient (Wildman–Crippen LogP) is 4.05. The molecule has 0 spiro atoms. The van der Waals surface area contributed by atoms with Crippen molar-refractivity contribution in [2.75, 3.05) is 12.0 Å². The average molecular weight is 387 g/mol. The minimum Gasteiger partial charge on any atom is -0.493 e. The lowest BCUT2D eigenvalue weighted by Crippen LogP contribution is -2.40. The van der Waals surface area contributed by atoms with Crippen LogP contribution in [0.5, 0.6) is 17.2 Å². The van der Waals surface area contributed by atoms with Crippen LogP contribution in [-0.4, -0.2) is 18.9 Å². The van der Waals surface area contributed by atoms with Crippen molar-refractivity contribution < 1.29 is 19.1 Å². The van der Waals surface area contributed by atoms with Crippen LogP contribution in [0.2, 0.25) is 0 Å². The standard InChI is InChI=1S/C24H21NO4/c1-28-19-4-2-3-5-20(19)29-14-8-6-13(7-9-14)25-23(26)21-15-10-11-16(18-12-17(15)18)22(21)24(25)27/h2-11,15-18,21-22H,12H2,1H3/t15-,16-,17-,18+,21-,22+/m0/s1. The van der Waals surface area contributed by atoms with Crippen LogP contribution >= 0.6 is 0 Å². The number of ether oxygens (including phenoxy) is 2. The number of benzene rings is 2. The van der Waals surface area contributed by atoms with Gasteiger partial charge in [0.05, 0.1) is 24.6 Å². The van der Waals surface area contributed by atoms with Gasteiger partial charge in [0.1, 0.15) is 5.75 Å². The van der Waals surface area contributed by atoms with E-state index >= 15 is 0 Å². The topological polar surface area (TPSA) is 55.8 Å². The fourth-order valence-electron chi connectivity index (χ4n) is 5.70. The molecule has 4 aliphatic carbocycles. The number of hydrogen-bond donors (Lipinski definition) is 0. The van der Waals surface area contributed by atoms with Gasteiger partial charge in [-0.05, 0) is 66.5 Å². The number of allylic oxidation sites excluding steroid dienone is 2. The van der Waals surface area contributed by atoms with Gasteiger partial charge in [-0.3, -0.25) is 14.5 Å². The van der Waals surface area contributed by atoms with Gasteiger partial charge in [-0.1, -0.05) is 24.3 Å².